The van der Waals surface area contributed by atoms with Crippen molar-refractivity contribution in [1.82, 2.24) is 0 Å². The fraction of sp³-hybridized carbons (Fsp3) is 0.440. The van der Waals surface area contributed by atoms with E-state index in [1.807, 2.05) is 39.0 Å². The molecule has 1 aliphatic rings. The van der Waals surface area contributed by atoms with Gasteiger partial charge in [0.05, 0.1) is 18.6 Å². The molecule has 1 amide bonds. The zero-order valence-electron chi connectivity index (χ0n) is 18.7. The number of carbonyl (C=O) groups excluding carboxylic acids is 2. The number of nitrogens with one attached hydrogen (secondary N) is 1. The maximum Gasteiger partial charge on any atom is 0.341 e. The Morgan fingerprint density at radius 3 is 2.55 bits per heavy atom. The molecule has 0 unspecified atom stereocenters. The lowest BCUT2D eigenvalue weighted by molar-refractivity contribution is -0.125. The predicted octanol–water partition coefficient (Wildman–Crippen LogP) is 4.65. The minimum Gasteiger partial charge on any atom is -0.490 e. The van der Waals surface area contributed by atoms with Crippen molar-refractivity contribution >= 4 is 17.6 Å². The van der Waals surface area contributed by atoms with Crippen LogP contribution in [-0.2, 0) is 19.7 Å². The van der Waals surface area contributed by atoms with Crippen LogP contribution in [0.15, 0.2) is 42.5 Å². The molecule has 0 aliphatic carbocycles. The van der Waals surface area contributed by atoms with Gasteiger partial charge in [-0.25, -0.2) is 4.79 Å². The number of carbonyl (C=O) groups is 2. The van der Waals surface area contributed by atoms with Gasteiger partial charge in [-0.2, -0.15) is 0 Å². The van der Waals surface area contributed by atoms with Crippen LogP contribution in [0.1, 0.15) is 54.6 Å². The van der Waals surface area contributed by atoms with Crippen LogP contribution < -0.4 is 10.1 Å². The van der Waals surface area contributed by atoms with Gasteiger partial charge in [-0.1, -0.05) is 36.8 Å². The summed E-state index contributed by atoms with van der Waals surface area (Å²) < 4.78 is 16.3. The van der Waals surface area contributed by atoms with Gasteiger partial charge < -0.3 is 19.5 Å². The zero-order chi connectivity index (χ0) is 22.4. The van der Waals surface area contributed by atoms with Crippen molar-refractivity contribution in [1.29, 1.82) is 0 Å². The summed E-state index contributed by atoms with van der Waals surface area (Å²) in [5, 5.41) is 3.03. The molecule has 0 saturated carbocycles. The largest absolute Gasteiger partial charge is 0.490 e. The summed E-state index contributed by atoms with van der Waals surface area (Å²) in [4.78, 5) is 25.9. The molecule has 31 heavy (non-hydrogen) atoms. The van der Waals surface area contributed by atoms with E-state index in [-0.39, 0.29) is 17.6 Å². The van der Waals surface area contributed by atoms with Gasteiger partial charge >= 0.3 is 5.97 Å². The van der Waals surface area contributed by atoms with Gasteiger partial charge in [0.25, 0.3) is 0 Å². The maximum absolute atomic E-state index is 13.5. The van der Waals surface area contributed by atoms with Gasteiger partial charge in [0.15, 0.2) is 0 Å². The molecule has 1 saturated heterocycles. The zero-order valence-corrected chi connectivity index (χ0v) is 18.7. The molecular formula is C25H31NO5. The summed E-state index contributed by atoms with van der Waals surface area (Å²) in [6, 6.07) is 13.1. The number of benzene rings is 2. The lowest BCUT2D eigenvalue weighted by atomic mass is 9.73. The fourth-order valence-corrected chi connectivity index (χ4v) is 3.84. The molecule has 166 valence electrons. The SMILES string of the molecule is CC[C@@H](C)Oc1ccc(NC(=O)C2(c3cccc(C)c3)CCOCC2)cc1C(=O)OC. The Morgan fingerprint density at radius 1 is 1.16 bits per heavy atom. The standard InChI is InChI=1S/C25H31NO5/c1-5-18(3)31-22-10-9-20(16-21(22)23(27)29-4)26-24(28)25(11-13-30-14-12-25)19-8-6-7-17(2)15-19/h6-10,15-16,18H,5,11-14H2,1-4H3,(H,26,28)/t18-/m1/s1. The van der Waals surface area contributed by atoms with Crippen LogP contribution in [0.5, 0.6) is 5.75 Å². The average molecular weight is 426 g/mol. The van der Waals surface area contributed by atoms with Gasteiger partial charge in [0.2, 0.25) is 5.91 Å². The van der Waals surface area contributed by atoms with E-state index in [4.69, 9.17) is 14.2 Å². The molecule has 6 nitrogen and oxygen atoms in total. The third-order valence-corrected chi connectivity index (χ3v) is 5.90. The normalized spacial score (nSPS) is 16.3. The van der Waals surface area contributed by atoms with Crippen molar-refractivity contribution in [2.24, 2.45) is 0 Å². The first-order valence-corrected chi connectivity index (χ1v) is 10.7. The number of hydrogen-bond acceptors (Lipinski definition) is 5. The van der Waals surface area contributed by atoms with Gasteiger partial charge in [0.1, 0.15) is 11.3 Å². The lowest BCUT2D eigenvalue weighted by Crippen LogP contribution is -2.44. The third kappa shape index (κ3) is 5.07. The maximum atomic E-state index is 13.5. The Kier molecular flexibility index (Phi) is 7.33. The molecule has 6 heteroatoms. The third-order valence-electron chi connectivity index (χ3n) is 5.90. The Balaban J connectivity index is 1.92. The first-order valence-electron chi connectivity index (χ1n) is 10.7. The van der Waals surface area contributed by atoms with Gasteiger partial charge in [-0.15, -0.1) is 0 Å². The van der Waals surface area contributed by atoms with Crippen LogP contribution in [0, 0.1) is 6.92 Å². The number of hydrogen-bond donors (Lipinski definition) is 1. The summed E-state index contributed by atoms with van der Waals surface area (Å²) in [6.07, 6.45) is 1.96. The van der Waals surface area contributed by atoms with Crippen molar-refractivity contribution in [2.75, 3.05) is 25.6 Å². The first kappa shape index (κ1) is 22.8. The minimum absolute atomic E-state index is 0.0457. The molecule has 1 aliphatic heterocycles. The summed E-state index contributed by atoms with van der Waals surface area (Å²) in [5.41, 5.74) is 2.23. The Labute approximate surface area is 183 Å². The van der Waals surface area contributed by atoms with Crippen LogP contribution in [0.2, 0.25) is 0 Å². The summed E-state index contributed by atoms with van der Waals surface area (Å²) in [6.45, 7) is 7.02. The summed E-state index contributed by atoms with van der Waals surface area (Å²) in [7, 11) is 1.33. The molecule has 1 heterocycles. The highest BCUT2D eigenvalue weighted by Gasteiger charge is 2.41. The van der Waals surface area contributed by atoms with E-state index in [0.717, 1.165) is 17.5 Å². The Hall–Kier alpha value is -2.86. The number of anilines is 1. The second-order valence-corrected chi connectivity index (χ2v) is 8.06. The van der Waals surface area contributed by atoms with Crippen LogP contribution in [0.25, 0.3) is 0 Å². The molecule has 2 aromatic carbocycles. The molecule has 1 atom stereocenters. The van der Waals surface area contributed by atoms with Gasteiger partial charge in [-0.3, -0.25) is 4.79 Å². The number of aryl methyl sites for hydroxylation is 1. The monoisotopic (exact) mass is 425 g/mol. The van der Waals surface area contributed by atoms with Crippen LogP contribution in [0.4, 0.5) is 5.69 Å². The number of amides is 1. The van der Waals surface area contributed by atoms with Crippen LogP contribution in [0.3, 0.4) is 0 Å². The molecular weight excluding hydrogens is 394 g/mol. The van der Waals surface area contributed by atoms with Crippen LogP contribution in [-0.4, -0.2) is 38.3 Å². The fourth-order valence-electron chi connectivity index (χ4n) is 3.84. The van der Waals surface area contributed by atoms with Crippen molar-refractivity contribution in [3.63, 3.8) is 0 Å². The quantitative estimate of drug-likeness (QED) is 0.654. The average Bonchev–Trinajstić information content (AvgIpc) is 2.79. The van der Waals surface area contributed by atoms with Crippen molar-refractivity contribution in [2.45, 2.75) is 51.6 Å². The van der Waals surface area contributed by atoms with E-state index < -0.39 is 11.4 Å². The number of methoxy groups -OCH3 is 1. The Bertz CT molecular complexity index is 933. The van der Waals surface area contributed by atoms with Gasteiger partial charge in [-0.05, 0) is 56.9 Å². The second-order valence-electron chi connectivity index (χ2n) is 8.06. The van der Waals surface area contributed by atoms with E-state index in [1.54, 1.807) is 18.2 Å². The van der Waals surface area contributed by atoms with Crippen LogP contribution >= 0.6 is 0 Å². The van der Waals surface area contributed by atoms with E-state index in [0.29, 0.717) is 37.5 Å². The van der Waals surface area contributed by atoms with Crippen molar-refractivity contribution < 1.29 is 23.8 Å². The molecule has 3 rings (SSSR count). The molecule has 1 fully saturated rings. The van der Waals surface area contributed by atoms with Crippen molar-refractivity contribution in [3.05, 3.63) is 59.2 Å². The molecule has 0 aromatic heterocycles. The van der Waals surface area contributed by atoms with Crippen molar-refractivity contribution in [3.8, 4) is 5.75 Å². The van der Waals surface area contributed by atoms with E-state index in [1.165, 1.54) is 7.11 Å². The highest BCUT2D eigenvalue weighted by Crippen LogP contribution is 2.37. The number of esters is 1. The summed E-state index contributed by atoms with van der Waals surface area (Å²) in [5.74, 6) is -0.166. The topological polar surface area (TPSA) is 73.9 Å². The highest BCUT2D eigenvalue weighted by molar-refractivity contribution is 6.01. The number of ether oxygens (including phenoxy) is 3. The molecule has 2 aromatic rings. The molecule has 1 N–H and O–H groups in total. The minimum atomic E-state index is -0.679. The molecule has 0 radical (unpaired) electrons. The van der Waals surface area contributed by atoms with E-state index in [9.17, 15) is 9.59 Å². The summed E-state index contributed by atoms with van der Waals surface area (Å²) >= 11 is 0. The smallest absolute Gasteiger partial charge is 0.341 e. The molecule has 0 spiro atoms. The van der Waals surface area contributed by atoms with E-state index >= 15 is 0 Å². The Morgan fingerprint density at radius 2 is 1.90 bits per heavy atom. The second kappa shape index (κ2) is 9.96. The van der Waals surface area contributed by atoms with Gasteiger partial charge in [0, 0.05) is 18.9 Å². The number of rotatable bonds is 7. The predicted molar refractivity (Wildman–Crippen MR) is 120 cm³/mol. The molecule has 0 bridgehead atoms. The highest BCUT2D eigenvalue weighted by atomic mass is 16.5. The lowest BCUT2D eigenvalue weighted by Gasteiger charge is -2.36. The first-order chi connectivity index (χ1) is 14.9. The van der Waals surface area contributed by atoms with E-state index in [2.05, 4.69) is 11.4 Å².